The molecule has 2 amide bonds. The van der Waals surface area contributed by atoms with Crippen LogP contribution in [-0.4, -0.2) is 35.8 Å². The van der Waals surface area contributed by atoms with Crippen molar-refractivity contribution in [1.82, 2.24) is 10.2 Å². The number of hydrogen-bond donors (Lipinski definition) is 1. The molecular formula is C20H28N2O2. The Morgan fingerprint density at radius 3 is 2.67 bits per heavy atom. The number of carbonyl (C=O) groups excluding carboxylic acids is 2. The lowest BCUT2D eigenvalue weighted by atomic mass is 9.99. The van der Waals surface area contributed by atoms with E-state index in [1.54, 1.807) is 0 Å². The van der Waals surface area contributed by atoms with E-state index in [1.807, 2.05) is 35.2 Å². The molecule has 0 aromatic heterocycles. The highest BCUT2D eigenvalue weighted by atomic mass is 16.2. The number of fused-ring (bicyclic) bond motifs is 1. The molecule has 0 radical (unpaired) electrons. The smallest absolute Gasteiger partial charge is 0.227 e. The number of nitrogens with zero attached hydrogens (tertiary/aromatic N) is 1. The van der Waals surface area contributed by atoms with Crippen LogP contribution in [0.15, 0.2) is 30.3 Å². The second-order valence-electron chi connectivity index (χ2n) is 7.06. The van der Waals surface area contributed by atoms with E-state index in [1.165, 1.54) is 0 Å². The van der Waals surface area contributed by atoms with Gasteiger partial charge in [-0.3, -0.25) is 9.59 Å². The van der Waals surface area contributed by atoms with Gasteiger partial charge in [0.2, 0.25) is 11.8 Å². The van der Waals surface area contributed by atoms with Crippen LogP contribution in [0.5, 0.6) is 0 Å². The third kappa shape index (κ3) is 4.16. The summed E-state index contributed by atoms with van der Waals surface area (Å²) in [6, 6.07) is 10.0. The van der Waals surface area contributed by atoms with Crippen LogP contribution in [0, 0.1) is 5.92 Å². The van der Waals surface area contributed by atoms with Crippen molar-refractivity contribution in [2.24, 2.45) is 5.92 Å². The molecule has 130 valence electrons. The van der Waals surface area contributed by atoms with Crippen LogP contribution >= 0.6 is 0 Å². The van der Waals surface area contributed by atoms with Gasteiger partial charge in [-0.1, -0.05) is 49.6 Å². The van der Waals surface area contributed by atoms with Crippen molar-refractivity contribution < 1.29 is 9.59 Å². The third-order valence-corrected chi connectivity index (χ3v) is 5.36. The van der Waals surface area contributed by atoms with Gasteiger partial charge in [0, 0.05) is 19.1 Å². The summed E-state index contributed by atoms with van der Waals surface area (Å²) in [4.78, 5) is 27.5. The first-order valence-electron chi connectivity index (χ1n) is 9.37. The summed E-state index contributed by atoms with van der Waals surface area (Å²) in [7, 11) is 0. The molecular weight excluding hydrogens is 300 g/mol. The highest BCUT2D eigenvalue weighted by Gasteiger charge is 2.38. The van der Waals surface area contributed by atoms with Crippen molar-refractivity contribution in [2.75, 3.05) is 13.1 Å². The van der Waals surface area contributed by atoms with Crippen LogP contribution in [0.3, 0.4) is 0 Å². The maximum absolute atomic E-state index is 13.0. The van der Waals surface area contributed by atoms with Gasteiger partial charge in [-0.25, -0.2) is 0 Å². The van der Waals surface area contributed by atoms with Gasteiger partial charge in [-0.2, -0.15) is 0 Å². The quantitative estimate of drug-likeness (QED) is 0.907. The Morgan fingerprint density at radius 1 is 1.04 bits per heavy atom. The lowest BCUT2D eigenvalue weighted by molar-refractivity contribution is -0.136. The van der Waals surface area contributed by atoms with Crippen LogP contribution in [0.2, 0.25) is 0 Å². The van der Waals surface area contributed by atoms with Crippen molar-refractivity contribution in [1.29, 1.82) is 0 Å². The van der Waals surface area contributed by atoms with E-state index < -0.39 is 0 Å². The standard InChI is InChI=1S/C20H28N2O2/c23-19(15-16-9-4-3-5-10-16)22-14-7-2-1-6-13-21-20(24)17-11-8-12-18(17)22/h3-5,9-10,17-18H,1-2,6-8,11-15H2,(H,21,24). The Labute approximate surface area is 144 Å². The van der Waals surface area contributed by atoms with Crippen LogP contribution in [0.25, 0.3) is 0 Å². The van der Waals surface area contributed by atoms with Gasteiger partial charge < -0.3 is 10.2 Å². The topological polar surface area (TPSA) is 49.4 Å². The lowest BCUT2D eigenvalue weighted by Crippen LogP contribution is -2.47. The molecule has 24 heavy (non-hydrogen) atoms. The van der Waals surface area contributed by atoms with Crippen LogP contribution in [-0.2, 0) is 16.0 Å². The van der Waals surface area contributed by atoms with E-state index in [9.17, 15) is 9.59 Å². The SMILES string of the molecule is O=C1NCCCCCCN(C(=O)Cc2ccccc2)C2CCCC12. The molecule has 2 unspecified atom stereocenters. The third-order valence-electron chi connectivity index (χ3n) is 5.36. The zero-order chi connectivity index (χ0) is 16.8. The minimum atomic E-state index is -0.0252. The average Bonchev–Trinajstić information content (AvgIpc) is 3.06. The zero-order valence-corrected chi connectivity index (χ0v) is 14.4. The van der Waals surface area contributed by atoms with Gasteiger partial charge in [-0.05, 0) is 31.2 Å². The lowest BCUT2D eigenvalue weighted by Gasteiger charge is -2.32. The molecule has 1 saturated carbocycles. The first-order valence-corrected chi connectivity index (χ1v) is 9.37. The molecule has 4 nitrogen and oxygen atoms in total. The fourth-order valence-corrected chi connectivity index (χ4v) is 4.07. The van der Waals surface area contributed by atoms with E-state index >= 15 is 0 Å². The number of carbonyl (C=O) groups is 2. The maximum atomic E-state index is 13.0. The number of hydrogen-bond acceptors (Lipinski definition) is 2. The number of amides is 2. The summed E-state index contributed by atoms with van der Waals surface area (Å²) in [5, 5.41) is 3.08. The summed E-state index contributed by atoms with van der Waals surface area (Å²) >= 11 is 0. The molecule has 1 aliphatic heterocycles. The van der Waals surface area contributed by atoms with Crippen LogP contribution in [0.1, 0.15) is 50.5 Å². The average molecular weight is 328 g/mol. The summed E-state index contributed by atoms with van der Waals surface area (Å²) in [5.41, 5.74) is 1.05. The molecule has 1 aromatic carbocycles. The molecule has 1 N–H and O–H groups in total. The molecule has 3 rings (SSSR count). The first kappa shape index (κ1) is 17.0. The summed E-state index contributed by atoms with van der Waals surface area (Å²) in [5.74, 6) is 0.296. The Hall–Kier alpha value is -1.84. The number of benzene rings is 1. The van der Waals surface area contributed by atoms with Crippen molar-refractivity contribution >= 4 is 11.8 Å². The molecule has 0 bridgehead atoms. The molecule has 1 heterocycles. The fourth-order valence-electron chi connectivity index (χ4n) is 4.07. The second kappa shape index (κ2) is 8.32. The second-order valence-corrected chi connectivity index (χ2v) is 7.06. The fraction of sp³-hybridized carbons (Fsp3) is 0.600. The van der Waals surface area contributed by atoms with Crippen molar-refractivity contribution in [3.8, 4) is 0 Å². The van der Waals surface area contributed by atoms with E-state index in [4.69, 9.17) is 0 Å². The van der Waals surface area contributed by atoms with Gasteiger partial charge in [0.15, 0.2) is 0 Å². The normalized spacial score (nSPS) is 25.5. The largest absolute Gasteiger partial charge is 0.356 e. The molecule has 2 atom stereocenters. The molecule has 2 fully saturated rings. The molecule has 4 heteroatoms. The van der Waals surface area contributed by atoms with E-state index in [0.717, 1.165) is 63.6 Å². The molecule has 1 saturated heterocycles. The highest BCUT2D eigenvalue weighted by Crippen LogP contribution is 2.31. The zero-order valence-electron chi connectivity index (χ0n) is 14.4. The van der Waals surface area contributed by atoms with Gasteiger partial charge in [-0.15, -0.1) is 0 Å². The Kier molecular flexibility index (Phi) is 5.89. The minimum Gasteiger partial charge on any atom is -0.356 e. The van der Waals surface area contributed by atoms with Crippen molar-refractivity contribution in [3.05, 3.63) is 35.9 Å². The van der Waals surface area contributed by atoms with E-state index in [-0.39, 0.29) is 23.8 Å². The predicted molar refractivity (Wildman–Crippen MR) is 94.5 cm³/mol. The molecule has 1 aliphatic carbocycles. The molecule has 1 aromatic rings. The van der Waals surface area contributed by atoms with Gasteiger partial charge >= 0.3 is 0 Å². The predicted octanol–water partition coefficient (Wildman–Crippen LogP) is 2.92. The minimum absolute atomic E-state index is 0.0252. The summed E-state index contributed by atoms with van der Waals surface area (Å²) in [6.45, 7) is 1.57. The first-order chi connectivity index (χ1) is 11.8. The number of nitrogens with one attached hydrogen (secondary N) is 1. The summed E-state index contributed by atoms with van der Waals surface area (Å²) in [6.07, 6.45) is 7.67. The van der Waals surface area contributed by atoms with Gasteiger partial charge in [0.25, 0.3) is 0 Å². The maximum Gasteiger partial charge on any atom is 0.227 e. The van der Waals surface area contributed by atoms with E-state index in [2.05, 4.69) is 5.32 Å². The highest BCUT2D eigenvalue weighted by molar-refractivity contribution is 5.83. The Bertz CT molecular complexity index is 558. The summed E-state index contributed by atoms with van der Waals surface area (Å²) < 4.78 is 0. The van der Waals surface area contributed by atoms with Gasteiger partial charge in [0.1, 0.15) is 0 Å². The van der Waals surface area contributed by atoms with Crippen LogP contribution < -0.4 is 5.32 Å². The Balaban J connectivity index is 1.75. The number of rotatable bonds is 2. The molecule has 0 spiro atoms. The van der Waals surface area contributed by atoms with Gasteiger partial charge in [0.05, 0.1) is 12.3 Å². The monoisotopic (exact) mass is 328 g/mol. The van der Waals surface area contributed by atoms with Crippen molar-refractivity contribution in [2.45, 2.75) is 57.4 Å². The van der Waals surface area contributed by atoms with Crippen LogP contribution in [0.4, 0.5) is 0 Å². The molecule has 2 aliphatic rings. The van der Waals surface area contributed by atoms with Crippen molar-refractivity contribution in [3.63, 3.8) is 0 Å². The Morgan fingerprint density at radius 2 is 1.83 bits per heavy atom. The van der Waals surface area contributed by atoms with E-state index in [0.29, 0.717) is 6.42 Å².